The van der Waals surface area contributed by atoms with Crippen molar-refractivity contribution in [3.8, 4) is 0 Å². The minimum atomic E-state index is -0.850. The van der Waals surface area contributed by atoms with Crippen molar-refractivity contribution >= 4 is 17.5 Å². The monoisotopic (exact) mass is 237 g/mol. The maximum Gasteiger partial charge on any atom is 0.237 e. The molecule has 0 heterocycles. The zero-order chi connectivity index (χ0) is 12.5. The van der Waals surface area contributed by atoms with Gasteiger partial charge in [-0.1, -0.05) is 20.8 Å². The molecule has 0 aliphatic rings. The summed E-state index contributed by atoms with van der Waals surface area (Å²) in [7, 11) is 0. The Balaban J connectivity index is 0. The first-order valence-electron chi connectivity index (χ1n) is 5.47. The molecule has 1 amide bonds. The van der Waals surface area contributed by atoms with Gasteiger partial charge in [-0.2, -0.15) is 0 Å². The molecule has 0 spiro atoms. The van der Waals surface area contributed by atoms with Crippen LogP contribution >= 0.6 is 11.6 Å². The van der Waals surface area contributed by atoms with Crippen LogP contribution < -0.4 is 0 Å². The molecule has 92 valence electrons. The van der Waals surface area contributed by atoms with Gasteiger partial charge in [-0.3, -0.25) is 4.79 Å². The Morgan fingerprint density at radius 2 is 1.87 bits per heavy atom. The van der Waals surface area contributed by atoms with Crippen LogP contribution in [0.3, 0.4) is 0 Å². The van der Waals surface area contributed by atoms with Gasteiger partial charge in [0, 0.05) is 13.1 Å². The fourth-order valence-corrected chi connectivity index (χ4v) is 1.28. The average molecular weight is 238 g/mol. The molecule has 0 aliphatic carbocycles. The van der Waals surface area contributed by atoms with E-state index in [4.69, 9.17) is 11.6 Å². The first kappa shape index (κ1) is 17.1. The second kappa shape index (κ2) is 8.98. The standard InChI is InChI=1S/C9H18ClNO2.C2H6/c1-4-5-11(8(12)6-10)7-9(2,3)13;1-2/h13H,4-7H2,1-3H3;1-2H3. The summed E-state index contributed by atoms with van der Waals surface area (Å²) < 4.78 is 0. The molecule has 3 nitrogen and oxygen atoms in total. The van der Waals surface area contributed by atoms with E-state index in [0.717, 1.165) is 6.42 Å². The van der Waals surface area contributed by atoms with E-state index in [2.05, 4.69) is 0 Å². The van der Waals surface area contributed by atoms with Gasteiger partial charge < -0.3 is 10.0 Å². The van der Waals surface area contributed by atoms with Crippen molar-refractivity contribution < 1.29 is 9.90 Å². The van der Waals surface area contributed by atoms with E-state index in [0.29, 0.717) is 13.1 Å². The van der Waals surface area contributed by atoms with E-state index >= 15 is 0 Å². The Hall–Kier alpha value is -0.280. The van der Waals surface area contributed by atoms with E-state index in [1.54, 1.807) is 18.7 Å². The predicted octanol–water partition coefficient (Wildman–Crippen LogP) is 2.26. The third-order valence-corrected chi connectivity index (χ3v) is 1.77. The van der Waals surface area contributed by atoms with Gasteiger partial charge in [0.2, 0.25) is 5.91 Å². The lowest BCUT2D eigenvalue weighted by Crippen LogP contribution is -2.43. The molecule has 0 unspecified atom stereocenters. The summed E-state index contributed by atoms with van der Waals surface area (Å²) in [4.78, 5) is 12.9. The number of nitrogens with zero attached hydrogens (tertiary/aromatic N) is 1. The summed E-state index contributed by atoms with van der Waals surface area (Å²) >= 11 is 5.44. The van der Waals surface area contributed by atoms with Crippen LogP contribution in [0.5, 0.6) is 0 Å². The van der Waals surface area contributed by atoms with Crippen LogP contribution in [0.2, 0.25) is 0 Å². The minimum absolute atomic E-state index is 0.0178. The van der Waals surface area contributed by atoms with Crippen LogP contribution in [-0.4, -0.2) is 40.5 Å². The molecule has 0 saturated heterocycles. The Kier molecular flexibility index (Phi) is 10.3. The van der Waals surface area contributed by atoms with Gasteiger partial charge in [-0.15, -0.1) is 11.6 Å². The molecule has 0 atom stereocenters. The summed E-state index contributed by atoms with van der Waals surface area (Å²) in [5.41, 5.74) is -0.850. The molecule has 0 fully saturated rings. The zero-order valence-electron chi connectivity index (χ0n) is 10.5. The lowest BCUT2D eigenvalue weighted by molar-refractivity contribution is -0.131. The Morgan fingerprint density at radius 3 is 2.13 bits per heavy atom. The van der Waals surface area contributed by atoms with Crippen molar-refractivity contribution in [3.05, 3.63) is 0 Å². The SMILES string of the molecule is CC.CCCN(CC(C)(C)O)C(=O)CCl. The normalized spacial score (nSPS) is 10.3. The fourth-order valence-electron chi connectivity index (χ4n) is 1.11. The molecule has 0 rings (SSSR count). The Labute approximate surface area is 98.4 Å². The maximum absolute atomic E-state index is 11.3. The molecule has 0 radical (unpaired) electrons. The van der Waals surface area contributed by atoms with E-state index in [1.807, 2.05) is 20.8 Å². The van der Waals surface area contributed by atoms with Crippen LogP contribution in [0.15, 0.2) is 0 Å². The number of halogens is 1. The summed E-state index contributed by atoms with van der Waals surface area (Å²) in [6.07, 6.45) is 0.874. The second-order valence-electron chi connectivity index (χ2n) is 3.76. The van der Waals surface area contributed by atoms with Crippen molar-refractivity contribution in [1.29, 1.82) is 0 Å². The molecule has 0 bridgehead atoms. The molecule has 0 aliphatic heterocycles. The molecule has 4 heteroatoms. The maximum atomic E-state index is 11.3. The second-order valence-corrected chi connectivity index (χ2v) is 4.03. The summed E-state index contributed by atoms with van der Waals surface area (Å²) in [6, 6.07) is 0. The number of alkyl halides is 1. The fraction of sp³-hybridized carbons (Fsp3) is 0.909. The first-order chi connectivity index (χ1) is 6.90. The predicted molar refractivity (Wildman–Crippen MR) is 65.2 cm³/mol. The zero-order valence-corrected chi connectivity index (χ0v) is 11.3. The molecule has 0 aromatic heterocycles. The number of amides is 1. The van der Waals surface area contributed by atoms with Crippen LogP contribution in [0.25, 0.3) is 0 Å². The van der Waals surface area contributed by atoms with Crippen LogP contribution in [0.1, 0.15) is 41.0 Å². The lowest BCUT2D eigenvalue weighted by atomic mass is 10.1. The smallest absolute Gasteiger partial charge is 0.237 e. The number of hydrogen-bond acceptors (Lipinski definition) is 2. The van der Waals surface area contributed by atoms with Crippen molar-refractivity contribution in [2.75, 3.05) is 19.0 Å². The summed E-state index contributed by atoms with van der Waals surface area (Å²) in [5, 5.41) is 9.52. The molecular weight excluding hydrogens is 214 g/mol. The highest BCUT2D eigenvalue weighted by Crippen LogP contribution is 2.06. The Bertz CT molecular complexity index is 166. The molecule has 0 aromatic carbocycles. The molecule has 0 saturated carbocycles. The van der Waals surface area contributed by atoms with Gasteiger partial charge in [0.15, 0.2) is 0 Å². The molecule has 0 aromatic rings. The van der Waals surface area contributed by atoms with Crippen molar-refractivity contribution in [2.45, 2.75) is 46.6 Å². The Morgan fingerprint density at radius 1 is 1.40 bits per heavy atom. The highest BCUT2D eigenvalue weighted by atomic mass is 35.5. The minimum Gasteiger partial charge on any atom is -0.389 e. The van der Waals surface area contributed by atoms with Crippen LogP contribution in [0, 0.1) is 0 Å². The van der Waals surface area contributed by atoms with Gasteiger partial charge in [0.05, 0.1) is 5.60 Å². The molecule has 1 N–H and O–H groups in total. The molecule has 15 heavy (non-hydrogen) atoms. The van der Waals surface area contributed by atoms with E-state index < -0.39 is 5.60 Å². The number of aliphatic hydroxyl groups is 1. The van der Waals surface area contributed by atoms with Crippen molar-refractivity contribution in [3.63, 3.8) is 0 Å². The van der Waals surface area contributed by atoms with E-state index in [1.165, 1.54) is 0 Å². The van der Waals surface area contributed by atoms with Gasteiger partial charge in [0.1, 0.15) is 5.88 Å². The highest BCUT2D eigenvalue weighted by Gasteiger charge is 2.20. The van der Waals surface area contributed by atoms with Gasteiger partial charge in [0.25, 0.3) is 0 Å². The number of rotatable bonds is 5. The van der Waals surface area contributed by atoms with Crippen molar-refractivity contribution in [1.82, 2.24) is 4.90 Å². The summed E-state index contributed by atoms with van der Waals surface area (Å²) in [6.45, 7) is 10.3. The van der Waals surface area contributed by atoms with E-state index in [-0.39, 0.29) is 11.8 Å². The van der Waals surface area contributed by atoms with Gasteiger partial charge in [-0.05, 0) is 20.3 Å². The van der Waals surface area contributed by atoms with Gasteiger partial charge >= 0.3 is 0 Å². The van der Waals surface area contributed by atoms with Crippen LogP contribution in [-0.2, 0) is 4.79 Å². The topological polar surface area (TPSA) is 40.5 Å². The third kappa shape index (κ3) is 10.0. The lowest BCUT2D eigenvalue weighted by Gasteiger charge is -2.28. The quantitative estimate of drug-likeness (QED) is 0.746. The number of carbonyl (C=O) groups is 1. The molecular formula is C11H24ClNO2. The van der Waals surface area contributed by atoms with Gasteiger partial charge in [-0.25, -0.2) is 0 Å². The number of carbonyl (C=O) groups excluding carboxylic acids is 1. The van der Waals surface area contributed by atoms with Crippen molar-refractivity contribution in [2.24, 2.45) is 0 Å². The average Bonchev–Trinajstić information content (AvgIpc) is 2.17. The number of hydrogen-bond donors (Lipinski definition) is 1. The largest absolute Gasteiger partial charge is 0.389 e. The van der Waals surface area contributed by atoms with E-state index in [9.17, 15) is 9.90 Å². The van der Waals surface area contributed by atoms with Crippen LogP contribution in [0.4, 0.5) is 0 Å². The first-order valence-corrected chi connectivity index (χ1v) is 6.00. The third-order valence-electron chi connectivity index (χ3n) is 1.54. The highest BCUT2D eigenvalue weighted by molar-refractivity contribution is 6.27. The summed E-state index contributed by atoms with van der Waals surface area (Å²) in [5.74, 6) is -0.138.